The van der Waals surface area contributed by atoms with Crippen LogP contribution in [0, 0.1) is 0 Å². The summed E-state index contributed by atoms with van der Waals surface area (Å²) in [6.45, 7) is -1.02. The number of para-hydroxylation sites is 1. The van der Waals surface area contributed by atoms with Crippen molar-refractivity contribution in [2.24, 2.45) is 0 Å². The van der Waals surface area contributed by atoms with E-state index < -0.39 is 6.50 Å². The average Bonchev–Trinajstić information content (AvgIpc) is 2.64. The van der Waals surface area contributed by atoms with Crippen LogP contribution in [0.3, 0.4) is 0 Å². The third kappa shape index (κ3) is 1.76. The van der Waals surface area contributed by atoms with Crippen molar-refractivity contribution in [3.63, 3.8) is 0 Å². The average molecular weight is 286 g/mol. The second kappa shape index (κ2) is 4.37. The molecule has 0 aliphatic carbocycles. The molecule has 0 bridgehead atoms. The lowest BCUT2D eigenvalue weighted by Gasteiger charge is -2.14. The lowest BCUT2D eigenvalue weighted by Crippen LogP contribution is -2.15. The molecule has 2 nitrogen and oxygen atoms in total. The van der Waals surface area contributed by atoms with Crippen molar-refractivity contribution < 1.29 is 7.48 Å². The van der Waals surface area contributed by atoms with Crippen molar-refractivity contribution in [3.8, 4) is 11.5 Å². The Balaban J connectivity index is 2.09. The van der Waals surface area contributed by atoms with Crippen LogP contribution in [0.5, 0.6) is 11.5 Å². The summed E-state index contributed by atoms with van der Waals surface area (Å²) in [5, 5.41) is 0.575. The van der Waals surface area contributed by atoms with Gasteiger partial charge in [-0.25, -0.2) is 0 Å². The summed E-state index contributed by atoms with van der Waals surface area (Å²) in [6.07, 6.45) is 0. The normalized spacial score (nSPS) is 21.1. The molecule has 0 radical (unpaired) electrons. The molecule has 0 amide bonds. The highest BCUT2D eigenvalue weighted by atomic mass is 35.5. The summed E-state index contributed by atoms with van der Waals surface area (Å²) in [5.41, 5.74) is 3.28. The molecular formula is C17H14ClNO. The van der Waals surface area contributed by atoms with Gasteiger partial charge in [-0.2, -0.15) is 0 Å². The number of rotatable bonds is 0. The van der Waals surface area contributed by atoms with Gasteiger partial charge < -0.3 is 4.74 Å². The topological polar surface area (TPSA) is 12.5 Å². The fourth-order valence-electron chi connectivity index (χ4n) is 2.77. The minimum absolute atomic E-state index is 0.536. The minimum atomic E-state index is -1.56. The number of likely N-dealkylation sites (N-methyl/N-ethyl adjacent to an activating group) is 1. The highest BCUT2D eigenvalue weighted by Crippen LogP contribution is 2.45. The number of hydrogen-bond acceptors (Lipinski definition) is 2. The van der Waals surface area contributed by atoms with E-state index in [-0.39, 0.29) is 0 Å². The first-order chi connectivity index (χ1) is 10.5. The fourth-order valence-corrected chi connectivity index (χ4v) is 2.94. The van der Waals surface area contributed by atoms with Gasteiger partial charge in [0, 0.05) is 31.9 Å². The fraction of sp³-hybridized carbons (Fsp3) is 0.176. The maximum absolute atomic E-state index is 8.49. The van der Waals surface area contributed by atoms with E-state index in [2.05, 4.69) is 0 Å². The lowest BCUT2D eigenvalue weighted by atomic mass is 9.97. The number of nitrogens with zero attached hydrogens (tertiary/aromatic N) is 1. The number of halogens is 1. The molecule has 2 aromatic carbocycles. The highest BCUT2D eigenvalue weighted by molar-refractivity contribution is 6.30. The van der Waals surface area contributed by atoms with Crippen LogP contribution in [0.25, 0.3) is 11.1 Å². The van der Waals surface area contributed by atoms with E-state index in [9.17, 15) is 0 Å². The molecule has 2 heterocycles. The number of hydrogen-bond donors (Lipinski definition) is 0. The summed E-state index contributed by atoms with van der Waals surface area (Å²) >= 11 is 6.15. The molecule has 0 aromatic heterocycles. The third-order valence-electron chi connectivity index (χ3n) is 3.64. The van der Waals surface area contributed by atoms with Gasteiger partial charge in [0.2, 0.25) is 0 Å². The Labute approximate surface area is 126 Å². The van der Waals surface area contributed by atoms with Crippen LogP contribution < -0.4 is 4.74 Å². The molecule has 20 heavy (non-hydrogen) atoms. The van der Waals surface area contributed by atoms with E-state index in [4.69, 9.17) is 19.1 Å². The van der Waals surface area contributed by atoms with Gasteiger partial charge in [0.15, 0.2) is 0 Å². The van der Waals surface area contributed by atoms with Crippen molar-refractivity contribution in [1.82, 2.24) is 4.90 Å². The minimum Gasteiger partial charge on any atom is -0.456 e. The van der Waals surface area contributed by atoms with Crippen molar-refractivity contribution >= 4 is 22.7 Å². The molecule has 0 saturated carbocycles. The summed E-state index contributed by atoms with van der Waals surface area (Å²) < 4.78 is 23.0. The summed E-state index contributed by atoms with van der Waals surface area (Å²) in [4.78, 5) is 1.71. The molecular weight excluding hydrogens is 270 g/mol. The van der Waals surface area contributed by atoms with Crippen molar-refractivity contribution in [2.75, 3.05) is 20.1 Å². The van der Waals surface area contributed by atoms with Crippen LogP contribution in [0.1, 0.15) is 13.9 Å². The smallest absolute Gasteiger partial charge is 0.135 e. The predicted molar refractivity (Wildman–Crippen MR) is 82.3 cm³/mol. The third-order valence-corrected chi connectivity index (χ3v) is 3.88. The SMILES string of the molecule is [2H]C1([2H])C2=C(CN1C)c1ccccc1Oc1ccc(Cl)cc12. The van der Waals surface area contributed by atoms with E-state index in [1.807, 2.05) is 24.3 Å². The standard InChI is InChI=1S/C17H14ClNO/c1-19-9-14-12-4-2-3-5-16(12)20-17-7-6-11(18)8-13(17)15(14)10-19/h2-8H,9-10H2,1H3/i10D2. The summed E-state index contributed by atoms with van der Waals surface area (Å²) in [7, 11) is 1.79. The Morgan fingerprint density at radius 2 is 1.90 bits per heavy atom. The molecule has 0 unspecified atom stereocenters. The number of benzene rings is 2. The Morgan fingerprint density at radius 1 is 1.10 bits per heavy atom. The summed E-state index contributed by atoms with van der Waals surface area (Å²) in [5.74, 6) is 1.39. The van der Waals surface area contributed by atoms with Crippen LogP contribution in [0.2, 0.25) is 5.02 Å². The zero-order valence-corrected chi connectivity index (χ0v) is 11.7. The van der Waals surface area contributed by atoms with Gasteiger partial charge in [-0.3, -0.25) is 4.90 Å². The zero-order valence-electron chi connectivity index (χ0n) is 13.0. The van der Waals surface area contributed by atoms with E-state index >= 15 is 0 Å². The molecule has 2 aliphatic rings. The Kier molecular flexibility index (Phi) is 2.19. The second-order valence-electron chi connectivity index (χ2n) is 5.06. The van der Waals surface area contributed by atoms with Crippen LogP contribution in [-0.4, -0.2) is 25.0 Å². The molecule has 2 aromatic rings. The predicted octanol–water partition coefficient (Wildman–Crippen LogP) is 4.30. The Morgan fingerprint density at radius 3 is 2.80 bits per heavy atom. The van der Waals surface area contributed by atoms with Gasteiger partial charge in [-0.15, -0.1) is 0 Å². The number of fused-ring (bicyclic) bond motifs is 4. The maximum Gasteiger partial charge on any atom is 0.135 e. The van der Waals surface area contributed by atoms with Crippen molar-refractivity contribution in [3.05, 3.63) is 58.6 Å². The first-order valence-corrected chi connectivity index (χ1v) is 6.88. The molecule has 100 valence electrons. The monoisotopic (exact) mass is 285 g/mol. The van der Waals surface area contributed by atoms with E-state index in [1.165, 1.54) is 0 Å². The molecule has 4 rings (SSSR count). The first kappa shape index (κ1) is 10.0. The quantitative estimate of drug-likeness (QED) is 0.715. The molecule has 0 spiro atoms. The van der Waals surface area contributed by atoms with E-state index in [0.29, 0.717) is 22.9 Å². The van der Waals surface area contributed by atoms with E-state index in [1.54, 1.807) is 30.1 Å². The van der Waals surface area contributed by atoms with Crippen LogP contribution >= 0.6 is 11.6 Å². The Bertz CT molecular complexity index is 816. The van der Waals surface area contributed by atoms with Crippen LogP contribution in [0.4, 0.5) is 0 Å². The molecule has 0 fully saturated rings. The van der Waals surface area contributed by atoms with Crippen LogP contribution in [0.15, 0.2) is 42.5 Å². The van der Waals surface area contributed by atoms with Crippen molar-refractivity contribution in [2.45, 2.75) is 0 Å². The van der Waals surface area contributed by atoms with Gasteiger partial charge in [0.25, 0.3) is 0 Å². The molecule has 0 saturated heterocycles. The van der Waals surface area contributed by atoms with Crippen molar-refractivity contribution in [1.29, 1.82) is 0 Å². The van der Waals surface area contributed by atoms with Gasteiger partial charge in [-0.1, -0.05) is 29.8 Å². The van der Waals surface area contributed by atoms with E-state index in [0.717, 1.165) is 22.4 Å². The number of ether oxygens (including phenoxy) is 1. The molecule has 3 heteroatoms. The van der Waals surface area contributed by atoms with Gasteiger partial charge in [0.05, 0.1) is 0 Å². The van der Waals surface area contributed by atoms with Gasteiger partial charge in [-0.05, 0) is 42.5 Å². The molecule has 0 N–H and O–H groups in total. The molecule has 2 aliphatic heterocycles. The highest BCUT2D eigenvalue weighted by Gasteiger charge is 2.28. The second-order valence-corrected chi connectivity index (χ2v) is 5.50. The lowest BCUT2D eigenvalue weighted by molar-refractivity contribution is 0.437. The first-order valence-electron chi connectivity index (χ1n) is 7.50. The van der Waals surface area contributed by atoms with Gasteiger partial charge >= 0.3 is 0 Å². The summed E-state index contributed by atoms with van der Waals surface area (Å²) in [6, 6.07) is 13.1. The largest absolute Gasteiger partial charge is 0.456 e. The van der Waals surface area contributed by atoms with Gasteiger partial charge in [0.1, 0.15) is 11.5 Å². The Hall–Kier alpha value is -1.77. The van der Waals surface area contributed by atoms with Crippen LogP contribution in [-0.2, 0) is 0 Å². The zero-order chi connectivity index (χ0) is 15.5. The maximum atomic E-state index is 8.49. The molecule has 0 atom stereocenters.